The van der Waals surface area contributed by atoms with E-state index in [0.717, 1.165) is 5.69 Å². The van der Waals surface area contributed by atoms with Gasteiger partial charge in [0.2, 0.25) is 0 Å². The van der Waals surface area contributed by atoms with Crippen LogP contribution in [0.25, 0.3) is 0 Å². The highest BCUT2D eigenvalue weighted by Gasteiger charge is 2.15. The topological polar surface area (TPSA) is 58.1 Å². The Morgan fingerprint density at radius 3 is 2.48 bits per heavy atom. The lowest BCUT2D eigenvalue weighted by atomic mass is 10.2. The van der Waals surface area contributed by atoms with Crippen LogP contribution in [0.4, 0.5) is 15.9 Å². The summed E-state index contributed by atoms with van der Waals surface area (Å²) in [5.41, 5.74) is 1.66. The lowest BCUT2D eigenvalue weighted by Gasteiger charge is -2.22. The molecule has 0 bridgehead atoms. The molecule has 138 valence electrons. The van der Waals surface area contributed by atoms with Crippen molar-refractivity contribution in [1.29, 1.82) is 0 Å². The highest BCUT2D eigenvalue weighted by atomic mass is 19.1. The third-order valence-electron chi connectivity index (χ3n) is 4.11. The van der Waals surface area contributed by atoms with Crippen LogP contribution in [-0.4, -0.2) is 22.4 Å². The number of nitrogens with one attached hydrogen (secondary N) is 1. The van der Waals surface area contributed by atoms with Gasteiger partial charge < -0.3 is 10.2 Å². The second-order valence-electron chi connectivity index (χ2n) is 6.01. The van der Waals surface area contributed by atoms with E-state index >= 15 is 0 Å². The van der Waals surface area contributed by atoms with Crippen molar-refractivity contribution in [1.82, 2.24) is 15.3 Å². The normalized spacial score (nSPS) is 10.5. The Labute approximate surface area is 157 Å². The number of halogens is 1. The number of amides is 1. The molecule has 3 aromatic rings. The number of nitrogens with zero attached hydrogens (tertiary/aromatic N) is 3. The highest BCUT2D eigenvalue weighted by Crippen LogP contribution is 2.23. The molecule has 0 saturated heterocycles. The molecule has 0 spiro atoms. The van der Waals surface area contributed by atoms with E-state index in [4.69, 9.17) is 0 Å². The van der Waals surface area contributed by atoms with Crippen molar-refractivity contribution >= 4 is 17.4 Å². The lowest BCUT2D eigenvalue weighted by Crippen LogP contribution is -2.26. The SMILES string of the molecule is CCN(c1ccccc1)c1cc(C(=O)NCc2ccccc2F)nc(C)n1. The Morgan fingerprint density at radius 1 is 1.07 bits per heavy atom. The third kappa shape index (κ3) is 4.47. The lowest BCUT2D eigenvalue weighted by molar-refractivity contribution is 0.0945. The van der Waals surface area contributed by atoms with Gasteiger partial charge >= 0.3 is 0 Å². The number of carbonyl (C=O) groups excluding carboxylic acids is 1. The minimum atomic E-state index is -0.367. The summed E-state index contributed by atoms with van der Waals surface area (Å²) in [5, 5.41) is 2.72. The number of anilines is 2. The van der Waals surface area contributed by atoms with Crippen LogP contribution in [0.1, 0.15) is 28.8 Å². The van der Waals surface area contributed by atoms with E-state index < -0.39 is 0 Å². The quantitative estimate of drug-likeness (QED) is 0.718. The average molecular weight is 364 g/mol. The molecule has 1 N–H and O–H groups in total. The van der Waals surface area contributed by atoms with Crippen LogP contribution in [0.2, 0.25) is 0 Å². The van der Waals surface area contributed by atoms with E-state index in [-0.39, 0.29) is 24.0 Å². The summed E-state index contributed by atoms with van der Waals surface area (Å²) in [6.07, 6.45) is 0. The van der Waals surface area contributed by atoms with Crippen LogP contribution in [0, 0.1) is 12.7 Å². The largest absolute Gasteiger partial charge is 0.347 e. The number of rotatable bonds is 6. The molecule has 1 amide bonds. The monoisotopic (exact) mass is 364 g/mol. The van der Waals surface area contributed by atoms with E-state index in [9.17, 15) is 9.18 Å². The smallest absolute Gasteiger partial charge is 0.270 e. The van der Waals surface area contributed by atoms with Crippen LogP contribution in [0.5, 0.6) is 0 Å². The molecule has 0 saturated carbocycles. The van der Waals surface area contributed by atoms with E-state index in [2.05, 4.69) is 15.3 Å². The van der Waals surface area contributed by atoms with E-state index in [1.165, 1.54) is 6.07 Å². The first-order valence-electron chi connectivity index (χ1n) is 8.78. The first kappa shape index (κ1) is 18.5. The van der Waals surface area contributed by atoms with E-state index in [1.54, 1.807) is 31.2 Å². The zero-order chi connectivity index (χ0) is 19.2. The van der Waals surface area contributed by atoms with Gasteiger partial charge in [0.15, 0.2) is 0 Å². The molecule has 0 fully saturated rings. The molecular formula is C21H21FN4O. The molecule has 0 aliphatic heterocycles. The summed E-state index contributed by atoms with van der Waals surface area (Å²) in [6, 6.07) is 17.8. The van der Waals surface area contributed by atoms with E-state index in [0.29, 0.717) is 23.8 Å². The molecule has 0 atom stereocenters. The summed E-state index contributed by atoms with van der Waals surface area (Å²) in [7, 11) is 0. The maximum absolute atomic E-state index is 13.7. The van der Waals surface area contributed by atoms with Gasteiger partial charge in [0.1, 0.15) is 23.2 Å². The van der Waals surface area contributed by atoms with Gasteiger partial charge in [-0.05, 0) is 32.0 Å². The molecule has 0 unspecified atom stereocenters. The van der Waals surface area contributed by atoms with Crippen molar-refractivity contribution in [3.8, 4) is 0 Å². The Hall–Kier alpha value is -3.28. The fourth-order valence-electron chi connectivity index (χ4n) is 2.80. The number of benzene rings is 2. The van der Waals surface area contributed by atoms with Gasteiger partial charge in [-0.2, -0.15) is 0 Å². The van der Waals surface area contributed by atoms with Gasteiger partial charge in [0, 0.05) is 30.4 Å². The summed E-state index contributed by atoms with van der Waals surface area (Å²) in [5.74, 6) is 0.429. The fraction of sp³-hybridized carbons (Fsp3) is 0.190. The van der Waals surface area contributed by atoms with Gasteiger partial charge in [0.05, 0.1) is 0 Å². The summed E-state index contributed by atoms with van der Waals surface area (Å²) in [4.78, 5) is 23.2. The van der Waals surface area contributed by atoms with Gasteiger partial charge in [-0.15, -0.1) is 0 Å². The third-order valence-corrected chi connectivity index (χ3v) is 4.11. The minimum Gasteiger partial charge on any atom is -0.347 e. The molecule has 5 nitrogen and oxygen atoms in total. The van der Waals surface area contributed by atoms with Crippen molar-refractivity contribution in [3.05, 3.63) is 83.6 Å². The Bertz CT molecular complexity index is 930. The first-order chi connectivity index (χ1) is 13.1. The number of para-hydroxylation sites is 1. The molecule has 0 aliphatic rings. The van der Waals surface area contributed by atoms with Crippen LogP contribution in [-0.2, 0) is 6.54 Å². The van der Waals surface area contributed by atoms with Gasteiger partial charge in [-0.1, -0.05) is 36.4 Å². The molecule has 27 heavy (non-hydrogen) atoms. The van der Waals surface area contributed by atoms with Gasteiger partial charge in [0.25, 0.3) is 5.91 Å². The molecular weight excluding hydrogens is 343 g/mol. The maximum Gasteiger partial charge on any atom is 0.270 e. The van der Waals surface area contributed by atoms with Gasteiger partial charge in [-0.3, -0.25) is 4.79 Å². The summed E-state index contributed by atoms with van der Waals surface area (Å²) in [6.45, 7) is 4.55. The predicted molar refractivity (Wildman–Crippen MR) is 103 cm³/mol. The molecule has 6 heteroatoms. The minimum absolute atomic E-state index is 0.0973. The number of aromatic nitrogens is 2. The molecule has 2 aromatic carbocycles. The zero-order valence-corrected chi connectivity index (χ0v) is 15.3. The van der Waals surface area contributed by atoms with Crippen molar-refractivity contribution in [2.75, 3.05) is 11.4 Å². The highest BCUT2D eigenvalue weighted by molar-refractivity contribution is 5.93. The number of aryl methyl sites for hydroxylation is 1. The Balaban J connectivity index is 1.82. The molecule has 0 aliphatic carbocycles. The summed E-state index contributed by atoms with van der Waals surface area (Å²) < 4.78 is 13.7. The zero-order valence-electron chi connectivity index (χ0n) is 15.3. The van der Waals surface area contributed by atoms with Crippen molar-refractivity contribution in [2.24, 2.45) is 0 Å². The Morgan fingerprint density at radius 2 is 1.78 bits per heavy atom. The standard InChI is InChI=1S/C21H21FN4O/c1-3-26(17-10-5-4-6-11-17)20-13-19(24-15(2)25-20)21(27)23-14-16-9-7-8-12-18(16)22/h4-13H,3,14H2,1-2H3,(H,23,27). The maximum atomic E-state index is 13.7. The van der Waals surface area contributed by atoms with Gasteiger partial charge in [-0.25, -0.2) is 14.4 Å². The van der Waals surface area contributed by atoms with Crippen LogP contribution >= 0.6 is 0 Å². The summed E-state index contributed by atoms with van der Waals surface area (Å²) >= 11 is 0. The van der Waals surface area contributed by atoms with Crippen LogP contribution < -0.4 is 10.2 Å². The van der Waals surface area contributed by atoms with Crippen LogP contribution in [0.15, 0.2) is 60.7 Å². The van der Waals surface area contributed by atoms with Crippen LogP contribution in [0.3, 0.4) is 0 Å². The Kier molecular flexibility index (Phi) is 5.76. The van der Waals surface area contributed by atoms with E-state index in [1.807, 2.05) is 42.2 Å². The second kappa shape index (κ2) is 8.40. The van der Waals surface area contributed by atoms with Crippen molar-refractivity contribution in [3.63, 3.8) is 0 Å². The molecule has 3 rings (SSSR count). The number of carbonyl (C=O) groups is 1. The predicted octanol–water partition coefficient (Wildman–Crippen LogP) is 4.01. The fourth-order valence-corrected chi connectivity index (χ4v) is 2.80. The number of hydrogen-bond acceptors (Lipinski definition) is 4. The van der Waals surface area contributed by atoms with Crippen molar-refractivity contribution in [2.45, 2.75) is 20.4 Å². The number of hydrogen-bond donors (Lipinski definition) is 1. The average Bonchev–Trinajstić information content (AvgIpc) is 2.68. The van der Waals surface area contributed by atoms with Crippen molar-refractivity contribution < 1.29 is 9.18 Å². The molecule has 0 radical (unpaired) electrons. The molecule has 1 aromatic heterocycles. The molecule has 1 heterocycles. The second-order valence-corrected chi connectivity index (χ2v) is 6.01. The first-order valence-corrected chi connectivity index (χ1v) is 8.78.